The number of benzene rings is 1. The largest absolute Gasteiger partial charge is 0.490 e. The molecular weight excluding hydrogens is 791 g/mol. The first-order chi connectivity index (χ1) is 27.3. The molecule has 1 saturated carbocycles. The molecule has 3 N–H and O–H groups in total. The number of carbonyl (C=O) groups is 3. The fourth-order valence-corrected chi connectivity index (χ4v) is 9.31. The SMILES string of the molecule is CCC[C@H]1N(C(=O)c2ncccc2C(F)(F)F)CCC[C@@]1(Oc1csc(C(F)(F)F)c1)C(=O)N1CCC(N)(c2ccccc2OC(C)CCC2(C(=O)O)CCC2)CC1. The molecule has 4 heterocycles. The second kappa shape index (κ2) is 16.7. The summed E-state index contributed by atoms with van der Waals surface area (Å²) in [6.45, 7) is 3.79. The minimum Gasteiger partial charge on any atom is -0.490 e. The Labute approximate surface area is 336 Å². The second-order valence-electron chi connectivity index (χ2n) is 15.8. The summed E-state index contributed by atoms with van der Waals surface area (Å²) >= 11 is 0.381. The molecule has 3 aliphatic rings. The maximum atomic E-state index is 15.0. The fourth-order valence-electron chi connectivity index (χ4n) is 8.63. The fraction of sp³-hybridized carbons (Fsp3) is 0.561. The van der Waals surface area contributed by atoms with Crippen LogP contribution in [0.1, 0.15) is 111 Å². The molecule has 58 heavy (non-hydrogen) atoms. The summed E-state index contributed by atoms with van der Waals surface area (Å²) in [5.74, 6) is -2.18. The van der Waals surface area contributed by atoms with E-state index in [1.807, 2.05) is 19.1 Å². The molecule has 316 valence electrons. The van der Waals surface area contributed by atoms with Crippen LogP contribution < -0.4 is 15.2 Å². The lowest BCUT2D eigenvalue weighted by molar-refractivity contribution is -0.161. The van der Waals surface area contributed by atoms with E-state index in [4.69, 9.17) is 15.2 Å². The third-order valence-electron chi connectivity index (χ3n) is 12.0. The average Bonchev–Trinajstić information content (AvgIpc) is 3.64. The van der Waals surface area contributed by atoms with Crippen LogP contribution >= 0.6 is 11.3 Å². The second-order valence-corrected chi connectivity index (χ2v) is 16.7. The smallest absolute Gasteiger partial charge is 0.425 e. The monoisotopic (exact) mass is 838 g/mol. The summed E-state index contributed by atoms with van der Waals surface area (Å²) in [5, 5.41) is 10.9. The van der Waals surface area contributed by atoms with E-state index < -0.39 is 68.9 Å². The number of carbonyl (C=O) groups excluding carboxylic acids is 2. The number of likely N-dealkylation sites (tertiary alicyclic amines) is 2. The standard InChI is InChI=1S/C41H48F6N4O6S/c1-3-9-31-39(57-27-24-32(58-25-27)41(45,46)47,16-8-21-51(31)34(52)33-29(40(42,43)44)11-6-20-49-33)35(53)50-22-18-38(48,19-23-50)28-10-4-5-12-30(28)56-26(2)13-17-37(36(54)55)14-7-15-37/h4-6,10-12,20,24-26,31H,3,7-9,13-19,21-23,48H2,1-2H3,(H,54,55)/t26?,31-,39+/m1/s1. The number of hydrogen-bond acceptors (Lipinski definition) is 8. The van der Waals surface area contributed by atoms with E-state index in [1.54, 1.807) is 19.1 Å². The van der Waals surface area contributed by atoms with Crippen molar-refractivity contribution in [2.75, 3.05) is 19.6 Å². The molecule has 2 saturated heterocycles. The number of piperidine rings is 2. The van der Waals surface area contributed by atoms with Crippen molar-refractivity contribution in [1.82, 2.24) is 14.8 Å². The molecule has 3 aromatic rings. The number of aliphatic carboxylic acids is 1. The van der Waals surface area contributed by atoms with E-state index in [2.05, 4.69) is 4.98 Å². The summed E-state index contributed by atoms with van der Waals surface area (Å²) in [5.41, 5.74) is 2.02. The van der Waals surface area contributed by atoms with Gasteiger partial charge in [-0.1, -0.05) is 38.0 Å². The molecule has 17 heteroatoms. The minimum atomic E-state index is -4.91. The van der Waals surface area contributed by atoms with Crippen LogP contribution in [0.15, 0.2) is 54.0 Å². The Hall–Kier alpha value is -4.38. The lowest BCUT2D eigenvalue weighted by Gasteiger charge is -2.51. The number of halogens is 6. The third kappa shape index (κ3) is 8.66. The van der Waals surface area contributed by atoms with E-state index in [0.29, 0.717) is 54.8 Å². The van der Waals surface area contributed by atoms with Crippen molar-refractivity contribution in [3.63, 3.8) is 0 Å². The molecule has 2 amide bonds. The number of alkyl halides is 6. The number of nitrogens with two attached hydrogens (primary N) is 1. The average molecular weight is 839 g/mol. The van der Waals surface area contributed by atoms with Gasteiger partial charge in [-0.15, -0.1) is 11.3 Å². The Morgan fingerprint density at radius 1 is 0.983 bits per heavy atom. The predicted molar refractivity (Wildman–Crippen MR) is 202 cm³/mol. The number of carboxylic acids is 1. The molecule has 2 aromatic heterocycles. The number of hydrogen-bond donors (Lipinski definition) is 2. The first-order valence-corrected chi connectivity index (χ1v) is 20.5. The maximum Gasteiger partial charge on any atom is 0.425 e. The summed E-state index contributed by atoms with van der Waals surface area (Å²) in [4.78, 5) is 46.5. The Bertz CT molecular complexity index is 1960. The van der Waals surface area contributed by atoms with Crippen LogP contribution in [0.3, 0.4) is 0 Å². The minimum absolute atomic E-state index is 0.0200. The van der Waals surface area contributed by atoms with Crippen LogP contribution in [0.5, 0.6) is 11.5 Å². The van der Waals surface area contributed by atoms with Crippen LogP contribution in [0.25, 0.3) is 0 Å². The van der Waals surface area contributed by atoms with Gasteiger partial charge in [-0.05, 0) is 76.5 Å². The Balaban J connectivity index is 1.27. The molecule has 1 aromatic carbocycles. The molecule has 1 unspecified atom stereocenters. The number of pyridine rings is 1. The Morgan fingerprint density at radius 2 is 1.69 bits per heavy atom. The van der Waals surface area contributed by atoms with Gasteiger partial charge < -0.3 is 30.1 Å². The van der Waals surface area contributed by atoms with Gasteiger partial charge in [0.05, 0.1) is 23.1 Å². The topological polar surface area (TPSA) is 135 Å². The van der Waals surface area contributed by atoms with Gasteiger partial charge in [0.15, 0.2) is 0 Å². The zero-order chi connectivity index (χ0) is 42.1. The summed E-state index contributed by atoms with van der Waals surface area (Å²) < 4.78 is 96.3. The zero-order valence-electron chi connectivity index (χ0n) is 32.3. The van der Waals surface area contributed by atoms with Crippen molar-refractivity contribution < 1.29 is 55.3 Å². The number of carboxylic acid groups (broad SMARTS) is 1. The van der Waals surface area contributed by atoms with Crippen molar-refractivity contribution in [1.29, 1.82) is 0 Å². The van der Waals surface area contributed by atoms with Crippen molar-refractivity contribution in [2.45, 2.75) is 120 Å². The molecule has 3 atom stereocenters. The quantitative estimate of drug-likeness (QED) is 0.163. The lowest BCUT2D eigenvalue weighted by Crippen LogP contribution is -2.69. The summed E-state index contributed by atoms with van der Waals surface area (Å²) in [6, 6.07) is 8.70. The summed E-state index contributed by atoms with van der Waals surface area (Å²) in [7, 11) is 0. The number of rotatable bonds is 13. The van der Waals surface area contributed by atoms with Gasteiger partial charge in [-0.2, -0.15) is 26.3 Å². The molecule has 3 fully saturated rings. The number of ether oxygens (including phenoxy) is 2. The molecular formula is C41H48F6N4O6S. The summed E-state index contributed by atoms with van der Waals surface area (Å²) in [6.07, 6.45) is -4.68. The van der Waals surface area contributed by atoms with E-state index in [1.165, 1.54) is 4.90 Å². The van der Waals surface area contributed by atoms with Gasteiger partial charge in [0.1, 0.15) is 22.1 Å². The van der Waals surface area contributed by atoms with E-state index in [-0.39, 0.29) is 63.6 Å². The number of para-hydroxylation sites is 1. The van der Waals surface area contributed by atoms with Crippen LogP contribution in [0.2, 0.25) is 0 Å². The van der Waals surface area contributed by atoms with Gasteiger partial charge in [0.25, 0.3) is 11.8 Å². The highest BCUT2D eigenvalue weighted by Crippen LogP contribution is 2.47. The number of nitrogens with zero attached hydrogens (tertiary/aromatic N) is 3. The molecule has 0 spiro atoms. The molecule has 1 aliphatic carbocycles. The number of aromatic nitrogens is 1. The normalized spacial score (nSPS) is 22.5. The van der Waals surface area contributed by atoms with Crippen LogP contribution in [0, 0.1) is 5.41 Å². The lowest BCUT2D eigenvalue weighted by atomic mass is 9.66. The molecule has 2 aliphatic heterocycles. The highest BCUT2D eigenvalue weighted by molar-refractivity contribution is 7.10. The van der Waals surface area contributed by atoms with Crippen molar-refractivity contribution >= 4 is 29.1 Å². The van der Waals surface area contributed by atoms with E-state index >= 15 is 4.79 Å². The zero-order valence-corrected chi connectivity index (χ0v) is 33.2. The molecule has 6 rings (SSSR count). The highest BCUT2D eigenvalue weighted by Gasteiger charge is 2.57. The molecule has 0 radical (unpaired) electrons. The molecule has 10 nitrogen and oxygen atoms in total. The van der Waals surface area contributed by atoms with Gasteiger partial charge >= 0.3 is 18.3 Å². The number of thiophene rings is 1. The third-order valence-corrected chi connectivity index (χ3v) is 13.0. The van der Waals surface area contributed by atoms with Crippen molar-refractivity contribution in [3.05, 3.63) is 75.7 Å². The highest BCUT2D eigenvalue weighted by atomic mass is 32.1. The molecule has 0 bridgehead atoms. The Kier molecular flexibility index (Phi) is 12.4. The van der Waals surface area contributed by atoms with Crippen molar-refractivity contribution in [3.8, 4) is 11.5 Å². The van der Waals surface area contributed by atoms with Gasteiger partial charge in [-0.25, -0.2) is 0 Å². The maximum absolute atomic E-state index is 15.0. The predicted octanol–water partition coefficient (Wildman–Crippen LogP) is 8.68. The first kappa shape index (κ1) is 43.2. The van der Waals surface area contributed by atoms with Gasteiger partial charge in [-0.3, -0.25) is 19.4 Å². The van der Waals surface area contributed by atoms with Gasteiger partial charge in [0, 0.05) is 54.8 Å². The number of amides is 2. The Morgan fingerprint density at radius 3 is 2.29 bits per heavy atom. The van der Waals surface area contributed by atoms with E-state index in [0.717, 1.165) is 41.1 Å². The van der Waals surface area contributed by atoms with E-state index in [9.17, 15) is 41.0 Å². The van der Waals surface area contributed by atoms with Crippen LogP contribution in [-0.2, 0) is 27.5 Å². The first-order valence-electron chi connectivity index (χ1n) is 19.6. The van der Waals surface area contributed by atoms with Crippen molar-refractivity contribution in [2.24, 2.45) is 11.1 Å². The van der Waals surface area contributed by atoms with Crippen LogP contribution in [-0.4, -0.2) is 75.1 Å². The van der Waals surface area contributed by atoms with Crippen LogP contribution in [0.4, 0.5) is 26.3 Å². The van der Waals surface area contributed by atoms with Gasteiger partial charge in [0.2, 0.25) is 5.60 Å².